The van der Waals surface area contributed by atoms with E-state index in [0.29, 0.717) is 29.5 Å². The lowest BCUT2D eigenvalue weighted by atomic mass is 10.2. The van der Waals surface area contributed by atoms with E-state index in [2.05, 4.69) is 20.6 Å². The fourth-order valence-corrected chi connectivity index (χ4v) is 2.74. The van der Waals surface area contributed by atoms with Crippen LogP contribution < -0.4 is 20.1 Å². The van der Waals surface area contributed by atoms with Crippen LogP contribution in [-0.2, 0) is 6.18 Å². The summed E-state index contributed by atoms with van der Waals surface area (Å²) >= 11 is 0. The van der Waals surface area contributed by atoms with E-state index < -0.39 is 11.7 Å². The van der Waals surface area contributed by atoms with E-state index in [1.54, 1.807) is 48.5 Å². The van der Waals surface area contributed by atoms with Crippen LogP contribution in [0.1, 0.15) is 32.8 Å². The summed E-state index contributed by atoms with van der Waals surface area (Å²) in [6.45, 7) is 6.37. The lowest BCUT2D eigenvalue weighted by molar-refractivity contribution is -0.137. The molecule has 9 heteroatoms. The maximum Gasteiger partial charge on any atom is 0.421 e. The predicted octanol–water partition coefficient (Wildman–Crippen LogP) is 6.56. The van der Waals surface area contributed by atoms with Gasteiger partial charge in [-0.25, -0.2) is 4.98 Å². The van der Waals surface area contributed by atoms with Crippen molar-refractivity contribution in [3.63, 3.8) is 0 Å². The van der Waals surface area contributed by atoms with Crippen molar-refractivity contribution in [3.8, 4) is 11.5 Å². The average molecular weight is 446 g/mol. The maximum atomic E-state index is 13.5. The van der Waals surface area contributed by atoms with Crippen LogP contribution in [0.3, 0.4) is 0 Å². The van der Waals surface area contributed by atoms with Gasteiger partial charge in [0.1, 0.15) is 22.9 Å². The van der Waals surface area contributed by atoms with Gasteiger partial charge in [0.2, 0.25) is 5.95 Å². The van der Waals surface area contributed by atoms with E-state index in [1.165, 1.54) is 0 Å². The second kappa shape index (κ2) is 10.2. The number of benzene rings is 2. The largest absolute Gasteiger partial charge is 0.494 e. The van der Waals surface area contributed by atoms with E-state index in [9.17, 15) is 13.2 Å². The van der Waals surface area contributed by atoms with Crippen molar-refractivity contribution >= 4 is 23.1 Å². The minimum absolute atomic E-state index is 0.0291. The normalized spacial score (nSPS) is 12.2. The first-order chi connectivity index (χ1) is 15.3. The summed E-state index contributed by atoms with van der Waals surface area (Å²) in [5.74, 6) is 1.01. The summed E-state index contributed by atoms with van der Waals surface area (Å²) in [7, 11) is 0. The topological polar surface area (TPSA) is 68.3 Å². The molecular formula is C23H25F3N4O2. The van der Waals surface area contributed by atoms with Gasteiger partial charge < -0.3 is 20.1 Å². The third kappa shape index (κ3) is 6.26. The molecule has 3 aromatic rings. The minimum atomic E-state index is -4.61. The van der Waals surface area contributed by atoms with Crippen molar-refractivity contribution in [1.29, 1.82) is 0 Å². The third-order valence-corrected chi connectivity index (χ3v) is 4.54. The first kappa shape index (κ1) is 23.2. The van der Waals surface area contributed by atoms with Gasteiger partial charge in [0.05, 0.1) is 12.7 Å². The summed E-state index contributed by atoms with van der Waals surface area (Å²) in [5, 5.41) is 5.65. The molecule has 0 saturated heterocycles. The third-order valence-electron chi connectivity index (χ3n) is 4.54. The van der Waals surface area contributed by atoms with E-state index in [4.69, 9.17) is 9.47 Å². The van der Waals surface area contributed by atoms with Crippen LogP contribution >= 0.6 is 0 Å². The van der Waals surface area contributed by atoms with Crippen molar-refractivity contribution in [2.24, 2.45) is 0 Å². The van der Waals surface area contributed by atoms with E-state index in [1.807, 2.05) is 20.8 Å². The molecule has 32 heavy (non-hydrogen) atoms. The average Bonchev–Trinajstić information content (AvgIpc) is 2.76. The molecule has 170 valence electrons. The lowest BCUT2D eigenvalue weighted by Crippen LogP contribution is -2.13. The molecule has 0 bridgehead atoms. The number of alkyl halides is 3. The zero-order valence-corrected chi connectivity index (χ0v) is 18.0. The maximum absolute atomic E-state index is 13.5. The molecule has 0 amide bonds. The Morgan fingerprint density at radius 1 is 0.906 bits per heavy atom. The molecule has 0 radical (unpaired) electrons. The van der Waals surface area contributed by atoms with Crippen LogP contribution in [0.15, 0.2) is 54.7 Å². The van der Waals surface area contributed by atoms with Gasteiger partial charge in [-0.3, -0.25) is 0 Å². The summed E-state index contributed by atoms with van der Waals surface area (Å²) in [6, 6.07) is 13.6. The van der Waals surface area contributed by atoms with Crippen molar-refractivity contribution in [2.45, 2.75) is 39.5 Å². The highest BCUT2D eigenvalue weighted by molar-refractivity contribution is 5.63. The number of ether oxygens (including phenoxy) is 2. The fourth-order valence-electron chi connectivity index (χ4n) is 2.74. The molecular weight excluding hydrogens is 421 g/mol. The molecule has 0 saturated carbocycles. The molecule has 0 aliphatic heterocycles. The zero-order chi connectivity index (χ0) is 23.1. The zero-order valence-electron chi connectivity index (χ0n) is 18.0. The SMILES string of the molecule is CCOc1ccc(Nc2ncc(C(F)(F)F)c(Nc3ccc(OC(C)CC)cc3)n2)cc1. The van der Waals surface area contributed by atoms with Crippen LogP contribution in [0.4, 0.5) is 36.3 Å². The summed E-state index contributed by atoms with van der Waals surface area (Å²) in [4.78, 5) is 7.88. The molecule has 0 aliphatic rings. The van der Waals surface area contributed by atoms with Crippen LogP contribution in [0.5, 0.6) is 11.5 Å². The Kier molecular flexibility index (Phi) is 7.40. The van der Waals surface area contributed by atoms with E-state index >= 15 is 0 Å². The van der Waals surface area contributed by atoms with Crippen LogP contribution in [0.25, 0.3) is 0 Å². The first-order valence-corrected chi connectivity index (χ1v) is 10.3. The van der Waals surface area contributed by atoms with Crippen LogP contribution in [0.2, 0.25) is 0 Å². The van der Waals surface area contributed by atoms with Gasteiger partial charge in [0, 0.05) is 17.6 Å². The van der Waals surface area contributed by atoms with Crippen LogP contribution in [-0.4, -0.2) is 22.7 Å². The molecule has 6 nitrogen and oxygen atoms in total. The van der Waals surface area contributed by atoms with Gasteiger partial charge >= 0.3 is 6.18 Å². The highest BCUT2D eigenvalue weighted by Crippen LogP contribution is 2.35. The summed E-state index contributed by atoms with van der Waals surface area (Å²) < 4.78 is 51.6. The number of hydrogen-bond donors (Lipinski definition) is 2. The second-order valence-electron chi connectivity index (χ2n) is 7.02. The number of aromatic nitrogens is 2. The van der Waals surface area contributed by atoms with Gasteiger partial charge in [-0.1, -0.05) is 6.92 Å². The Morgan fingerprint density at radius 3 is 2.06 bits per heavy atom. The number of nitrogens with one attached hydrogen (secondary N) is 2. The number of hydrogen-bond acceptors (Lipinski definition) is 6. The molecule has 1 unspecified atom stereocenters. The number of anilines is 4. The number of rotatable bonds is 9. The van der Waals surface area contributed by atoms with Gasteiger partial charge in [-0.05, 0) is 68.8 Å². The Labute approximate surface area is 184 Å². The predicted molar refractivity (Wildman–Crippen MR) is 118 cm³/mol. The Morgan fingerprint density at radius 2 is 1.50 bits per heavy atom. The minimum Gasteiger partial charge on any atom is -0.494 e. The fraction of sp³-hybridized carbons (Fsp3) is 0.304. The molecule has 2 aromatic carbocycles. The van der Waals surface area contributed by atoms with Gasteiger partial charge in [-0.2, -0.15) is 18.2 Å². The number of nitrogens with zero attached hydrogens (tertiary/aromatic N) is 2. The second-order valence-corrected chi connectivity index (χ2v) is 7.02. The van der Waals surface area contributed by atoms with Crippen molar-refractivity contribution < 1.29 is 22.6 Å². The molecule has 3 rings (SSSR count). The Hall–Kier alpha value is -3.49. The quantitative estimate of drug-likeness (QED) is 0.388. The van der Waals surface area contributed by atoms with Gasteiger partial charge in [-0.15, -0.1) is 0 Å². The molecule has 2 N–H and O–H groups in total. The molecule has 0 spiro atoms. The smallest absolute Gasteiger partial charge is 0.421 e. The number of halogens is 3. The van der Waals surface area contributed by atoms with E-state index in [-0.39, 0.29) is 17.9 Å². The Bertz CT molecular complexity index is 1010. The van der Waals surface area contributed by atoms with E-state index in [0.717, 1.165) is 12.6 Å². The Balaban J connectivity index is 1.81. The van der Waals surface area contributed by atoms with Gasteiger partial charge in [0.15, 0.2) is 0 Å². The summed E-state index contributed by atoms with van der Waals surface area (Å²) in [5.41, 5.74) is 0.0955. The van der Waals surface area contributed by atoms with Crippen LogP contribution in [0, 0.1) is 0 Å². The molecule has 1 heterocycles. The monoisotopic (exact) mass is 446 g/mol. The summed E-state index contributed by atoms with van der Waals surface area (Å²) in [6.07, 6.45) is -2.96. The molecule has 1 atom stereocenters. The van der Waals surface area contributed by atoms with Gasteiger partial charge in [0.25, 0.3) is 0 Å². The van der Waals surface area contributed by atoms with Crippen molar-refractivity contribution in [3.05, 3.63) is 60.3 Å². The lowest BCUT2D eigenvalue weighted by Gasteiger charge is -2.16. The van der Waals surface area contributed by atoms with Crippen molar-refractivity contribution in [1.82, 2.24) is 9.97 Å². The molecule has 1 aromatic heterocycles. The standard InChI is InChI=1S/C23H25F3N4O2/c1-4-15(3)32-19-12-8-16(9-13-19)28-21-20(23(24,25)26)14-27-22(30-21)29-17-6-10-18(11-7-17)31-5-2/h6-15H,4-5H2,1-3H3,(H2,27,28,29,30). The highest BCUT2D eigenvalue weighted by Gasteiger charge is 2.35. The first-order valence-electron chi connectivity index (χ1n) is 10.3. The van der Waals surface area contributed by atoms with Crippen molar-refractivity contribution in [2.75, 3.05) is 17.2 Å². The molecule has 0 fully saturated rings. The molecule has 0 aliphatic carbocycles. The highest BCUT2D eigenvalue weighted by atomic mass is 19.4.